The van der Waals surface area contributed by atoms with Gasteiger partial charge in [-0.25, -0.2) is 15.0 Å². The van der Waals surface area contributed by atoms with Crippen LogP contribution in [0, 0.1) is 0 Å². The van der Waals surface area contributed by atoms with Gasteiger partial charge in [0, 0.05) is 0 Å². The van der Waals surface area contributed by atoms with Crippen molar-refractivity contribution in [3.8, 4) is 0 Å². The number of nitrogens with zero attached hydrogens (tertiary/aromatic N) is 4. The molecule has 3 rings (SSSR count). The number of aliphatic hydroxyl groups is 3. The van der Waals surface area contributed by atoms with E-state index in [2.05, 4.69) is 15.0 Å². The van der Waals surface area contributed by atoms with Crippen molar-refractivity contribution in [2.45, 2.75) is 24.5 Å². The van der Waals surface area contributed by atoms with E-state index in [1.165, 1.54) is 17.2 Å². The minimum absolute atomic E-state index is 0. The van der Waals surface area contributed by atoms with Gasteiger partial charge in [-0.3, -0.25) is 4.57 Å². The van der Waals surface area contributed by atoms with Crippen molar-refractivity contribution in [2.75, 3.05) is 12.3 Å². The van der Waals surface area contributed by atoms with E-state index in [-0.39, 0.29) is 40.9 Å². The van der Waals surface area contributed by atoms with E-state index in [1.807, 2.05) is 0 Å². The predicted octanol–water partition coefficient (Wildman–Crippen LogP) is -3.45. The quantitative estimate of drug-likeness (QED) is 0.415. The molecular formula is C10H16N5NaO5. The van der Waals surface area contributed by atoms with Gasteiger partial charge >= 0.3 is 29.6 Å². The van der Waals surface area contributed by atoms with Crippen molar-refractivity contribution in [1.29, 1.82) is 0 Å². The topological polar surface area (TPSA) is 171 Å². The number of aliphatic hydroxyl groups excluding tert-OH is 3. The summed E-state index contributed by atoms with van der Waals surface area (Å²) >= 11 is 0. The van der Waals surface area contributed by atoms with Crippen molar-refractivity contribution in [3.63, 3.8) is 0 Å². The Kier molecular flexibility index (Phi) is 6.01. The third kappa shape index (κ3) is 2.89. The summed E-state index contributed by atoms with van der Waals surface area (Å²) in [6.45, 7) is -0.390. The Morgan fingerprint density at radius 1 is 1.24 bits per heavy atom. The van der Waals surface area contributed by atoms with E-state index in [0.29, 0.717) is 11.2 Å². The summed E-state index contributed by atoms with van der Waals surface area (Å²) in [5.74, 6) is 0.218. The molecule has 0 radical (unpaired) electrons. The summed E-state index contributed by atoms with van der Waals surface area (Å²) in [6.07, 6.45) is -1.42. The van der Waals surface area contributed by atoms with E-state index in [1.54, 1.807) is 0 Å². The number of hydrogen-bond acceptors (Lipinski definition) is 8. The predicted molar refractivity (Wildman–Crippen MR) is 73.5 cm³/mol. The van der Waals surface area contributed by atoms with Crippen LogP contribution in [0.15, 0.2) is 12.7 Å². The number of anilines is 1. The van der Waals surface area contributed by atoms with E-state index in [9.17, 15) is 10.2 Å². The Balaban J connectivity index is 0.00000110. The van der Waals surface area contributed by atoms with Crippen molar-refractivity contribution in [2.24, 2.45) is 0 Å². The zero-order valence-corrected chi connectivity index (χ0v) is 10.3. The standard InChI is InChI=1S/C10H13N5O4.Na.H2O.H/c11-8-5-9(13-2-12-8)15(3-14-5)10-7(18)6(17)4(1-16)19-10;;;/h2-4,6-7,10,16-18H,1H2,(H2,11,12,13);;1H2;/t4-,6-,7+,10-;;;/m1.../s1. The van der Waals surface area contributed by atoms with Crippen LogP contribution in [0.3, 0.4) is 0 Å². The number of nitrogen functional groups attached to an aromatic ring is 1. The Hall–Kier alpha value is -0.850. The van der Waals surface area contributed by atoms with Gasteiger partial charge in [-0.15, -0.1) is 0 Å². The van der Waals surface area contributed by atoms with Gasteiger partial charge in [0.2, 0.25) is 0 Å². The molecule has 0 spiro atoms. The number of nitrogens with two attached hydrogens (primary N) is 1. The Bertz CT molecular complexity index is 611. The van der Waals surface area contributed by atoms with Crippen molar-refractivity contribution in [1.82, 2.24) is 19.5 Å². The van der Waals surface area contributed by atoms with Crippen LogP contribution in [-0.2, 0) is 4.74 Å². The van der Waals surface area contributed by atoms with E-state index in [4.69, 9.17) is 15.6 Å². The molecule has 2 aromatic heterocycles. The van der Waals surface area contributed by atoms with E-state index >= 15 is 0 Å². The van der Waals surface area contributed by atoms with Gasteiger partial charge in [0.25, 0.3) is 0 Å². The molecule has 1 aliphatic heterocycles. The Labute approximate surface area is 141 Å². The maximum atomic E-state index is 9.95. The molecule has 0 amide bonds. The van der Waals surface area contributed by atoms with E-state index in [0.717, 1.165) is 0 Å². The molecule has 112 valence electrons. The zero-order chi connectivity index (χ0) is 13.6. The molecule has 10 nitrogen and oxygen atoms in total. The van der Waals surface area contributed by atoms with Crippen LogP contribution >= 0.6 is 0 Å². The van der Waals surface area contributed by atoms with E-state index < -0.39 is 31.1 Å². The molecule has 0 unspecified atom stereocenters. The molecule has 0 bridgehead atoms. The molecule has 0 saturated carbocycles. The molecule has 0 aromatic carbocycles. The van der Waals surface area contributed by atoms with Crippen molar-refractivity contribution >= 4 is 46.5 Å². The summed E-state index contributed by atoms with van der Waals surface area (Å²) in [6, 6.07) is 0. The van der Waals surface area contributed by atoms with Crippen LogP contribution in [0.2, 0.25) is 0 Å². The third-order valence-corrected chi connectivity index (χ3v) is 3.18. The molecule has 1 aliphatic rings. The molecule has 2 aromatic rings. The third-order valence-electron chi connectivity index (χ3n) is 3.18. The number of rotatable bonds is 2. The van der Waals surface area contributed by atoms with Gasteiger partial charge in [-0.2, -0.15) is 0 Å². The molecule has 0 aliphatic carbocycles. The average Bonchev–Trinajstić information content (AvgIpc) is 2.94. The summed E-state index contributed by atoms with van der Waals surface area (Å²) in [5.41, 5.74) is 6.44. The Morgan fingerprint density at radius 3 is 2.57 bits per heavy atom. The second kappa shape index (κ2) is 6.94. The van der Waals surface area contributed by atoms with Gasteiger partial charge in [-0.05, 0) is 0 Å². The summed E-state index contributed by atoms with van der Waals surface area (Å²) in [4.78, 5) is 11.9. The monoisotopic (exact) mass is 309 g/mol. The average molecular weight is 309 g/mol. The summed E-state index contributed by atoms with van der Waals surface area (Å²) < 4.78 is 6.85. The first kappa shape index (κ1) is 18.2. The fourth-order valence-electron chi connectivity index (χ4n) is 2.17. The van der Waals surface area contributed by atoms with Gasteiger partial charge in [0.15, 0.2) is 17.7 Å². The fourth-order valence-corrected chi connectivity index (χ4v) is 2.17. The zero-order valence-electron chi connectivity index (χ0n) is 10.3. The molecule has 1 saturated heterocycles. The number of fused-ring (bicyclic) bond motifs is 1. The second-order valence-electron chi connectivity index (χ2n) is 4.31. The molecule has 7 N–H and O–H groups in total. The number of aromatic nitrogens is 4. The first-order valence-electron chi connectivity index (χ1n) is 5.69. The van der Waals surface area contributed by atoms with Gasteiger partial charge in [0.05, 0.1) is 12.9 Å². The van der Waals surface area contributed by atoms with Crippen LogP contribution in [0.1, 0.15) is 6.23 Å². The number of hydrogen-bond donors (Lipinski definition) is 4. The second-order valence-corrected chi connectivity index (χ2v) is 4.31. The van der Waals surface area contributed by atoms with Crippen LogP contribution in [0.25, 0.3) is 11.2 Å². The fraction of sp³-hybridized carbons (Fsp3) is 0.500. The minimum atomic E-state index is -1.19. The molecule has 21 heavy (non-hydrogen) atoms. The van der Waals surface area contributed by atoms with Crippen LogP contribution in [-0.4, -0.2) is 94.8 Å². The van der Waals surface area contributed by atoms with Crippen molar-refractivity contribution in [3.05, 3.63) is 12.7 Å². The van der Waals surface area contributed by atoms with Crippen LogP contribution in [0.4, 0.5) is 5.82 Å². The molecule has 11 heteroatoms. The molecule has 3 heterocycles. The summed E-state index contributed by atoms with van der Waals surface area (Å²) in [5, 5.41) is 28.7. The normalized spacial score (nSPS) is 28.1. The molecule has 1 fully saturated rings. The summed E-state index contributed by atoms with van der Waals surface area (Å²) in [7, 11) is 0. The molecule has 4 atom stereocenters. The number of ether oxygens (including phenoxy) is 1. The van der Waals surface area contributed by atoms with Gasteiger partial charge in [0.1, 0.15) is 30.2 Å². The maximum absolute atomic E-state index is 9.95. The molecular weight excluding hydrogens is 293 g/mol. The SMILES string of the molecule is Nc1ncnc2c1ncn2[C@@H]1O[C@H](CO)[C@@H](O)[C@@H]1O.O.[NaH]. The first-order valence-corrected chi connectivity index (χ1v) is 5.69. The van der Waals surface area contributed by atoms with Crippen LogP contribution < -0.4 is 5.73 Å². The van der Waals surface area contributed by atoms with Gasteiger partial charge in [-0.1, -0.05) is 0 Å². The Morgan fingerprint density at radius 2 is 1.95 bits per heavy atom. The van der Waals surface area contributed by atoms with Gasteiger partial charge < -0.3 is 31.3 Å². The van der Waals surface area contributed by atoms with Crippen molar-refractivity contribution < 1.29 is 25.5 Å². The number of imidazole rings is 1. The van der Waals surface area contributed by atoms with Crippen LogP contribution in [0.5, 0.6) is 0 Å². The first-order chi connectivity index (χ1) is 9.13.